The number of fused-ring (bicyclic) bond motifs is 1. The zero-order valence-corrected chi connectivity index (χ0v) is 17.7. The highest BCUT2D eigenvalue weighted by molar-refractivity contribution is 8.26. The Hall–Kier alpha value is -1.56. The Bertz CT molecular complexity index is 886. The first kappa shape index (κ1) is 19.2. The Morgan fingerprint density at radius 1 is 1.38 bits per heavy atom. The van der Waals surface area contributed by atoms with Gasteiger partial charge in [-0.3, -0.25) is 9.69 Å². The van der Waals surface area contributed by atoms with E-state index in [0.29, 0.717) is 20.8 Å². The maximum atomic E-state index is 12.6. The lowest BCUT2D eigenvalue weighted by Gasteiger charge is -2.40. The molecule has 0 bridgehead atoms. The highest BCUT2D eigenvalue weighted by Gasteiger charge is 2.32. The number of hydrogen-bond donors (Lipinski definition) is 0. The molecular formula is C20H21ClN2OS2. The van der Waals surface area contributed by atoms with Gasteiger partial charge in [-0.05, 0) is 50.1 Å². The molecule has 2 aliphatic heterocycles. The molecule has 0 atom stereocenters. The van der Waals surface area contributed by atoms with E-state index >= 15 is 0 Å². The van der Waals surface area contributed by atoms with Crippen molar-refractivity contribution in [3.05, 3.63) is 51.9 Å². The van der Waals surface area contributed by atoms with Crippen molar-refractivity contribution in [3.63, 3.8) is 0 Å². The normalized spacial score (nSPS) is 20.5. The van der Waals surface area contributed by atoms with Crippen LogP contribution in [0.5, 0.6) is 0 Å². The van der Waals surface area contributed by atoms with Gasteiger partial charge in [-0.1, -0.05) is 47.7 Å². The van der Waals surface area contributed by atoms with Crippen molar-refractivity contribution in [2.75, 3.05) is 18.5 Å². The number of amides is 1. The summed E-state index contributed by atoms with van der Waals surface area (Å²) in [4.78, 5) is 16.9. The highest BCUT2D eigenvalue weighted by atomic mass is 35.5. The largest absolute Gasteiger partial charge is 0.365 e. The van der Waals surface area contributed by atoms with Crippen molar-refractivity contribution in [2.45, 2.75) is 26.3 Å². The van der Waals surface area contributed by atoms with Gasteiger partial charge in [0.15, 0.2) is 0 Å². The van der Waals surface area contributed by atoms with E-state index in [0.717, 1.165) is 16.8 Å². The van der Waals surface area contributed by atoms with Crippen LogP contribution in [0.4, 0.5) is 5.69 Å². The third-order valence-corrected chi connectivity index (χ3v) is 6.51. The molecule has 1 aromatic rings. The smallest absolute Gasteiger partial charge is 0.266 e. The van der Waals surface area contributed by atoms with Crippen molar-refractivity contribution in [1.82, 2.24) is 4.90 Å². The van der Waals surface area contributed by atoms with Crippen LogP contribution in [-0.4, -0.2) is 34.3 Å². The minimum atomic E-state index is -0.0980. The lowest BCUT2D eigenvalue weighted by Crippen LogP contribution is -2.42. The second-order valence-electron chi connectivity index (χ2n) is 7.01. The van der Waals surface area contributed by atoms with Crippen LogP contribution in [0.3, 0.4) is 0 Å². The molecule has 6 heteroatoms. The van der Waals surface area contributed by atoms with Gasteiger partial charge in [0.25, 0.3) is 5.91 Å². The zero-order valence-electron chi connectivity index (χ0n) is 15.3. The van der Waals surface area contributed by atoms with Gasteiger partial charge < -0.3 is 4.90 Å². The molecule has 1 amide bonds. The van der Waals surface area contributed by atoms with Crippen molar-refractivity contribution < 1.29 is 4.79 Å². The lowest BCUT2D eigenvalue weighted by molar-refractivity contribution is -0.121. The van der Waals surface area contributed by atoms with Crippen LogP contribution < -0.4 is 4.90 Å². The van der Waals surface area contributed by atoms with E-state index in [4.69, 9.17) is 23.8 Å². The number of carbonyl (C=O) groups is 1. The molecule has 0 N–H and O–H groups in total. The first-order valence-electron chi connectivity index (χ1n) is 8.29. The number of thioether (sulfide) groups is 1. The monoisotopic (exact) mass is 404 g/mol. The summed E-state index contributed by atoms with van der Waals surface area (Å²) in [5, 5.41) is 0.620. The standard InChI is InChI=1S/C20H21ClN2OS2/c1-6-7-23-18(24)17(26-19(23)25)9-13-8-14-12(2)11-20(3,4)22(5)16(14)10-15(13)21/h6,8-11H,1,7H2,2-5H3/b17-9-. The van der Waals surface area contributed by atoms with E-state index < -0.39 is 0 Å². The van der Waals surface area contributed by atoms with Gasteiger partial charge in [0, 0.05) is 29.9 Å². The fourth-order valence-electron chi connectivity index (χ4n) is 3.23. The molecule has 1 saturated heterocycles. The van der Waals surface area contributed by atoms with Crippen LogP contribution in [0.1, 0.15) is 31.9 Å². The molecular weight excluding hydrogens is 384 g/mol. The second kappa shape index (κ2) is 6.87. The molecule has 2 heterocycles. The molecule has 0 radical (unpaired) electrons. The van der Waals surface area contributed by atoms with Gasteiger partial charge in [0.2, 0.25) is 0 Å². The molecule has 3 rings (SSSR count). The number of thiocarbonyl (C=S) groups is 1. The number of benzene rings is 1. The van der Waals surface area contributed by atoms with Gasteiger partial charge in [-0.15, -0.1) is 6.58 Å². The van der Waals surface area contributed by atoms with Crippen molar-refractivity contribution in [2.24, 2.45) is 0 Å². The Morgan fingerprint density at radius 3 is 2.73 bits per heavy atom. The summed E-state index contributed by atoms with van der Waals surface area (Å²) in [6.45, 7) is 10.5. The Labute approximate surface area is 169 Å². The quantitative estimate of drug-likeness (QED) is 0.384. The summed E-state index contributed by atoms with van der Waals surface area (Å²) >= 11 is 13.2. The van der Waals surface area contributed by atoms with E-state index in [9.17, 15) is 4.79 Å². The summed E-state index contributed by atoms with van der Waals surface area (Å²) in [5.74, 6) is -0.0980. The summed E-state index contributed by atoms with van der Waals surface area (Å²) in [6.07, 6.45) is 5.75. The van der Waals surface area contributed by atoms with Crippen LogP contribution in [-0.2, 0) is 4.79 Å². The molecule has 0 spiro atoms. The fraction of sp³-hybridized carbons (Fsp3) is 0.300. The summed E-state index contributed by atoms with van der Waals surface area (Å²) in [5.41, 5.74) is 4.18. The Kier molecular flexibility index (Phi) is 5.08. The highest BCUT2D eigenvalue weighted by Crippen LogP contribution is 2.42. The number of likely N-dealkylation sites (N-methyl/N-ethyl adjacent to an activating group) is 1. The minimum absolute atomic E-state index is 0.0744. The zero-order chi connectivity index (χ0) is 19.2. The molecule has 0 unspecified atom stereocenters. The van der Waals surface area contributed by atoms with Gasteiger partial charge in [0.05, 0.1) is 10.4 Å². The van der Waals surface area contributed by atoms with Crippen LogP contribution in [0.15, 0.2) is 35.8 Å². The molecule has 136 valence electrons. The third-order valence-electron chi connectivity index (χ3n) is 4.81. The van der Waals surface area contributed by atoms with Crippen LogP contribution in [0, 0.1) is 0 Å². The fourth-order valence-corrected chi connectivity index (χ4v) is 4.70. The molecule has 0 aliphatic carbocycles. The molecule has 0 saturated carbocycles. The number of anilines is 1. The number of halogens is 1. The summed E-state index contributed by atoms with van der Waals surface area (Å²) < 4.78 is 0.549. The molecule has 3 nitrogen and oxygen atoms in total. The maximum absolute atomic E-state index is 12.6. The topological polar surface area (TPSA) is 23.6 Å². The molecule has 0 aromatic heterocycles. The van der Waals surface area contributed by atoms with E-state index in [1.54, 1.807) is 11.0 Å². The van der Waals surface area contributed by atoms with E-state index in [-0.39, 0.29) is 11.4 Å². The van der Waals surface area contributed by atoms with Gasteiger partial charge in [-0.25, -0.2) is 0 Å². The predicted octanol–water partition coefficient (Wildman–Crippen LogP) is 5.36. The number of rotatable bonds is 3. The third kappa shape index (κ3) is 3.24. The average molecular weight is 405 g/mol. The van der Waals surface area contributed by atoms with Gasteiger partial charge in [-0.2, -0.15) is 0 Å². The van der Waals surface area contributed by atoms with Crippen molar-refractivity contribution in [1.29, 1.82) is 0 Å². The van der Waals surface area contributed by atoms with Gasteiger partial charge >= 0.3 is 0 Å². The molecule has 1 fully saturated rings. The number of nitrogens with zero attached hydrogens (tertiary/aromatic N) is 2. The minimum Gasteiger partial charge on any atom is -0.365 e. The number of allylic oxidation sites excluding steroid dienone is 1. The number of carbonyl (C=O) groups excluding carboxylic acids is 1. The van der Waals surface area contributed by atoms with E-state index in [1.807, 2.05) is 12.1 Å². The van der Waals surface area contributed by atoms with E-state index in [2.05, 4.69) is 51.4 Å². The SMILES string of the molecule is C=CCN1C(=O)/C(=C/c2cc3c(cc2Cl)N(C)C(C)(C)C=C3C)SC1=S. The maximum Gasteiger partial charge on any atom is 0.266 e. The summed E-state index contributed by atoms with van der Waals surface area (Å²) in [7, 11) is 2.07. The molecule has 2 aliphatic rings. The molecule has 26 heavy (non-hydrogen) atoms. The van der Waals surface area contributed by atoms with Crippen molar-refractivity contribution >= 4 is 63.1 Å². The van der Waals surface area contributed by atoms with E-state index in [1.165, 1.54) is 17.3 Å². The second-order valence-corrected chi connectivity index (χ2v) is 9.09. The van der Waals surface area contributed by atoms with Crippen LogP contribution in [0.2, 0.25) is 5.02 Å². The first-order valence-corrected chi connectivity index (χ1v) is 9.89. The average Bonchev–Trinajstić information content (AvgIpc) is 2.82. The lowest BCUT2D eigenvalue weighted by atomic mass is 9.88. The summed E-state index contributed by atoms with van der Waals surface area (Å²) in [6, 6.07) is 4.03. The van der Waals surface area contributed by atoms with Crippen molar-refractivity contribution in [3.8, 4) is 0 Å². The first-order chi connectivity index (χ1) is 12.2. The number of hydrogen-bond acceptors (Lipinski definition) is 4. The van der Waals surface area contributed by atoms with Gasteiger partial charge in [0.1, 0.15) is 4.32 Å². The predicted molar refractivity (Wildman–Crippen MR) is 118 cm³/mol. The Morgan fingerprint density at radius 2 is 2.08 bits per heavy atom. The Balaban J connectivity index is 2.04. The van der Waals surface area contributed by atoms with Crippen LogP contribution >= 0.6 is 35.6 Å². The molecule has 1 aromatic carbocycles. The van der Waals surface area contributed by atoms with Crippen LogP contribution in [0.25, 0.3) is 11.6 Å².